The summed E-state index contributed by atoms with van der Waals surface area (Å²) in [6, 6.07) is 0. The third-order valence-electron chi connectivity index (χ3n) is 4.26. The van der Waals surface area contributed by atoms with Gasteiger partial charge in [-0.25, -0.2) is 4.79 Å². The molecule has 2 fully saturated rings. The van der Waals surface area contributed by atoms with Crippen LogP contribution in [0, 0.1) is 10.8 Å². The van der Waals surface area contributed by atoms with Gasteiger partial charge in [-0.15, -0.1) is 0 Å². The molecule has 0 aromatic rings. The zero-order valence-corrected chi connectivity index (χ0v) is 8.59. The molecule has 0 spiro atoms. The Morgan fingerprint density at radius 1 is 1.36 bits per heavy atom. The minimum absolute atomic E-state index is 0.243. The molecule has 2 atom stereocenters. The zero-order chi connectivity index (χ0) is 10.6. The van der Waals surface area contributed by atoms with Crippen molar-refractivity contribution in [2.45, 2.75) is 39.3 Å². The summed E-state index contributed by atoms with van der Waals surface area (Å²) in [5, 5.41) is 0. The van der Waals surface area contributed by atoms with Gasteiger partial charge in [-0.1, -0.05) is 13.8 Å². The fraction of sp³-hybridized carbons (Fsp3) is 0.800. The number of hydrogen-bond acceptors (Lipinski definition) is 4. The van der Waals surface area contributed by atoms with Crippen molar-refractivity contribution in [3.05, 3.63) is 0 Å². The van der Waals surface area contributed by atoms with Gasteiger partial charge in [-0.2, -0.15) is 4.99 Å². The molecule has 4 heteroatoms. The molecule has 2 bridgehead atoms. The highest BCUT2D eigenvalue weighted by Gasteiger charge is 2.73. The van der Waals surface area contributed by atoms with Gasteiger partial charge in [0.2, 0.25) is 11.8 Å². The average Bonchev–Trinajstić information content (AvgIpc) is 2.35. The summed E-state index contributed by atoms with van der Waals surface area (Å²) in [4.78, 5) is 25.7. The monoisotopic (exact) mass is 195 g/mol. The Morgan fingerprint density at radius 3 is 2.36 bits per heavy atom. The normalized spacial score (nSPS) is 43.2. The van der Waals surface area contributed by atoms with Crippen molar-refractivity contribution < 1.29 is 14.3 Å². The van der Waals surface area contributed by atoms with E-state index >= 15 is 0 Å². The van der Waals surface area contributed by atoms with Gasteiger partial charge in [-0.3, -0.25) is 4.79 Å². The lowest BCUT2D eigenvalue weighted by Gasteiger charge is -2.31. The van der Waals surface area contributed by atoms with Crippen molar-refractivity contribution in [2.24, 2.45) is 15.8 Å². The number of fused-ring (bicyclic) bond motifs is 2. The molecule has 0 radical (unpaired) electrons. The van der Waals surface area contributed by atoms with Gasteiger partial charge in [0.15, 0.2) is 0 Å². The van der Waals surface area contributed by atoms with Crippen LogP contribution < -0.4 is 0 Å². The van der Waals surface area contributed by atoms with E-state index in [1.54, 1.807) is 0 Å². The lowest BCUT2D eigenvalue weighted by molar-refractivity contribution is -0.159. The first-order chi connectivity index (χ1) is 6.40. The van der Waals surface area contributed by atoms with Gasteiger partial charge in [-0.05, 0) is 13.3 Å². The Hall–Kier alpha value is -1.15. The number of ether oxygens (including phenoxy) is 1. The van der Waals surface area contributed by atoms with Crippen molar-refractivity contribution >= 4 is 12.0 Å². The first kappa shape index (κ1) is 9.41. The quantitative estimate of drug-likeness (QED) is 0.361. The second kappa shape index (κ2) is 2.26. The van der Waals surface area contributed by atoms with E-state index < -0.39 is 16.6 Å². The van der Waals surface area contributed by atoms with Crippen LogP contribution in [-0.4, -0.2) is 17.8 Å². The second-order valence-electron chi connectivity index (χ2n) is 4.83. The summed E-state index contributed by atoms with van der Waals surface area (Å²) in [5.74, 6) is -0.243. The number of carbonyl (C=O) groups excluding carboxylic acids is 2. The van der Waals surface area contributed by atoms with Crippen molar-refractivity contribution in [2.75, 3.05) is 0 Å². The first-order valence-electron chi connectivity index (χ1n) is 4.72. The molecule has 4 nitrogen and oxygen atoms in total. The fourth-order valence-electron chi connectivity index (χ4n) is 2.57. The molecule has 2 aliphatic rings. The smallest absolute Gasteiger partial charge is 0.314 e. The molecular weight excluding hydrogens is 182 g/mol. The second-order valence-corrected chi connectivity index (χ2v) is 4.83. The van der Waals surface area contributed by atoms with Gasteiger partial charge in [0.05, 0.1) is 5.41 Å². The van der Waals surface area contributed by atoms with Gasteiger partial charge >= 0.3 is 5.97 Å². The molecule has 0 aromatic carbocycles. The van der Waals surface area contributed by atoms with Crippen LogP contribution in [0.4, 0.5) is 0 Å². The Labute approximate surface area is 82.3 Å². The molecule has 2 rings (SSSR count). The maximum atomic E-state index is 11.6. The third-order valence-corrected chi connectivity index (χ3v) is 4.26. The lowest BCUT2D eigenvalue weighted by atomic mass is 9.69. The van der Waals surface area contributed by atoms with E-state index in [1.807, 2.05) is 20.8 Å². The van der Waals surface area contributed by atoms with E-state index in [1.165, 1.54) is 6.08 Å². The number of rotatable bonds is 1. The molecule has 1 heterocycles. The fourth-order valence-corrected chi connectivity index (χ4v) is 2.57. The van der Waals surface area contributed by atoms with E-state index in [9.17, 15) is 9.59 Å². The summed E-state index contributed by atoms with van der Waals surface area (Å²) in [5.41, 5.74) is -1.89. The number of hydrogen-bond donors (Lipinski definition) is 0. The SMILES string of the molecule is CC12CC[C@](N=C=O)(OC1=O)C2(C)C. The van der Waals surface area contributed by atoms with Crippen LogP contribution in [0.15, 0.2) is 4.99 Å². The van der Waals surface area contributed by atoms with Crippen LogP contribution in [-0.2, 0) is 14.3 Å². The summed E-state index contributed by atoms with van der Waals surface area (Å²) in [7, 11) is 0. The summed E-state index contributed by atoms with van der Waals surface area (Å²) < 4.78 is 5.24. The number of carbonyl (C=O) groups is 1. The third kappa shape index (κ3) is 0.697. The Kier molecular flexibility index (Phi) is 1.52. The maximum Gasteiger partial charge on any atom is 0.314 e. The standard InChI is InChI=1S/C10H13NO3/c1-8(2)9(3)4-5-10(8,11-6-12)14-7(9)13/h4-5H2,1-3H3/t9?,10-/m0/s1. The van der Waals surface area contributed by atoms with Crippen molar-refractivity contribution in [3.8, 4) is 0 Å². The largest absolute Gasteiger partial charge is 0.435 e. The molecule has 1 saturated carbocycles. The molecule has 76 valence electrons. The number of nitrogens with zero attached hydrogens (tertiary/aromatic N) is 1. The maximum absolute atomic E-state index is 11.6. The molecular formula is C10H13NO3. The highest BCUT2D eigenvalue weighted by atomic mass is 16.6. The average molecular weight is 195 g/mol. The van der Waals surface area contributed by atoms with Crippen molar-refractivity contribution in [1.82, 2.24) is 0 Å². The lowest BCUT2D eigenvalue weighted by Crippen LogP contribution is -2.39. The van der Waals surface area contributed by atoms with E-state index in [2.05, 4.69) is 4.99 Å². The van der Waals surface area contributed by atoms with Crippen LogP contribution in [0.3, 0.4) is 0 Å². The van der Waals surface area contributed by atoms with Gasteiger partial charge in [0, 0.05) is 11.8 Å². The minimum atomic E-state index is -0.958. The van der Waals surface area contributed by atoms with Crippen LogP contribution in [0.5, 0.6) is 0 Å². The summed E-state index contributed by atoms with van der Waals surface area (Å²) in [6.45, 7) is 5.72. The first-order valence-corrected chi connectivity index (χ1v) is 4.72. The van der Waals surface area contributed by atoms with E-state index in [-0.39, 0.29) is 5.97 Å². The Balaban J connectivity index is 2.59. The highest BCUT2D eigenvalue weighted by molar-refractivity contribution is 5.82. The minimum Gasteiger partial charge on any atom is -0.435 e. The van der Waals surface area contributed by atoms with Gasteiger partial charge < -0.3 is 4.74 Å². The molecule has 0 N–H and O–H groups in total. The molecule has 0 aromatic heterocycles. The van der Waals surface area contributed by atoms with E-state index in [0.717, 1.165) is 6.42 Å². The molecule has 0 amide bonds. The van der Waals surface area contributed by atoms with Gasteiger partial charge in [0.1, 0.15) is 0 Å². The van der Waals surface area contributed by atoms with Crippen LogP contribution in [0.25, 0.3) is 0 Å². The zero-order valence-electron chi connectivity index (χ0n) is 8.59. The topological polar surface area (TPSA) is 55.7 Å². The predicted molar refractivity (Wildman–Crippen MR) is 48.1 cm³/mol. The molecule has 1 aliphatic heterocycles. The number of esters is 1. The highest BCUT2D eigenvalue weighted by Crippen LogP contribution is 2.65. The van der Waals surface area contributed by atoms with Crippen molar-refractivity contribution in [1.29, 1.82) is 0 Å². The molecule has 14 heavy (non-hydrogen) atoms. The van der Waals surface area contributed by atoms with Crippen LogP contribution in [0.2, 0.25) is 0 Å². The Morgan fingerprint density at radius 2 is 2.00 bits per heavy atom. The summed E-state index contributed by atoms with van der Waals surface area (Å²) >= 11 is 0. The number of aliphatic imine (C=N–C) groups is 1. The predicted octanol–water partition coefficient (Wildman–Crippen LogP) is 1.40. The molecule has 1 saturated heterocycles. The van der Waals surface area contributed by atoms with Crippen LogP contribution in [0.1, 0.15) is 33.6 Å². The van der Waals surface area contributed by atoms with E-state index in [0.29, 0.717) is 6.42 Å². The molecule has 1 aliphatic carbocycles. The van der Waals surface area contributed by atoms with Crippen LogP contribution >= 0.6 is 0 Å². The molecule has 1 unspecified atom stereocenters. The Bertz CT molecular complexity index is 356. The number of isocyanates is 1. The summed E-state index contributed by atoms with van der Waals surface area (Å²) in [6.07, 6.45) is 2.87. The van der Waals surface area contributed by atoms with Gasteiger partial charge in [0.25, 0.3) is 0 Å². The van der Waals surface area contributed by atoms with E-state index in [4.69, 9.17) is 4.74 Å². The van der Waals surface area contributed by atoms with Crippen molar-refractivity contribution in [3.63, 3.8) is 0 Å².